The number of hydrogen-bond acceptors (Lipinski definition) is 4. The Morgan fingerprint density at radius 1 is 1.20 bits per heavy atom. The summed E-state index contributed by atoms with van der Waals surface area (Å²) < 4.78 is 32.5. The van der Waals surface area contributed by atoms with Crippen LogP contribution < -0.4 is 10.1 Å². The van der Waals surface area contributed by atoms with E-state index in [-0.39, 0.29) is 29.3 Å². The van der Waals surface area contributed by atoms with Crippen LogP contribution >= 0.6 is 11.6 Å². The van der Waals surface area contributed by atoms with Gasteiger partial charge in [0.1, 0.15) is 5.75 Å². The number of carbonyl (C=O) groups excluding carboxylic acids is 1. The molecule has 0 bridgehead atoms. The van der Waals surface area contributed by atoms with Gasteiger partial charge in [-0.2, -0.15) is 4.31 Å². The molecular formula is C22H27ClN2O4S. The van der Waals surface area contributed by atoms with Crippen LogP contribution in [-0.4, -0.2) is 38.8 Å². The molecule has 0 unspecified atom stereocenters. The summed E-state index contributed by atoms with van der Waals surface area (Å²) in [6.45, 7) is 2.59. The van der Waals surface area contributed by atoms with Crippen molar-refractivity contribution in [1.82, 2.24) is 9.62 Å². The van der Waals surface area contributed by atoms with Crippen LogP contribution in [0.4, 0.5) is 0 Å². The number of piperidine rings is 1. The molecule has 0 saturated carbocycles. The van der Waals surface area contributed by atoms with Gasteiger partial charge in [-0.1, -0.05) is 30.7 Å². The molecule has 1 N–H and O–H groups in total. The second-order valence-corrected chi connectivity index (χ2v) is 9.77. The number of carbonyl (C=O) groups is 1. The molecule has 162 valence electrons. The van der Waals surface area contributed by atoms with Gasteiger partial charge in [0.05, 0.1) is 24.0 Å². The van der Waals surface area contributed by atoms with Crippen LogP contribution in [0.25, 0.3) is 0 Å². The number of rotatable bonds is 7. The van der Waals surface area contributed by atoms with E-state index in [1.165, 1.54) is 16.4 Å². The molecule has 0 aliphatic carbocycles. The van der Waals surface area contributed by atoms with Gasteiger partial charge in [0.15, 0.2) is 0 Å². The first-order valence-electron chi connectivity index (χ1n) is 10.0. The zero-order valence-corrected chi connectivity index (χ0v) is 18.7. The zero-order chi connectivity index (χ0) is 21.7. The molecular weight excluding hydrogens is 424 g/mol. The first kappa shape index (κ1) is 22.6. The number of amides is 1. The van der Waals surface area contributed by atoms with Crippen molar-refractivity contribution in [1.29, 1.82) is 0 Å². The largest absolute Gasteiger partial charge is 0.497 e. The highest BCUT2D eigenvalue weighted by Gasteiger charge is 2.33. The molecule has 0 radical (unpaired) electrons. The highest BCUT2D eigenvalue weighted by molar-refractivity contribution is 7.89. The van der Waals surface area contributed by atoms with Gasteiger partial charge >= 0.3 is 0 Å². The van der Waals surface area contributed by atoms with Gasteiger partial charge in [0, 0.05) is 18.1 Å². The van der Waals surface area contributed by atoms with Gasteiger partial charge in [0.25, 0.3) is 0 Å². The number of nitrogens with one attached hydrogen (secondary N) is 1. The number of hydrogen-bond donors (Lipinski definition) is 1. The first-order chi connectivity index (χ1) is 14.3. The number of nitrogens with zero attached hydrogens (tertiary/aromatic N) is 1. The van der Waals surface area contributed by atoms with Gasteiger partial charge in [-0.25, -0.2) is 8.42 Å². The van der Waals surface area contributed by atoms with Gasteiger partial charge in [0.2, 0.25) is 15.9 Å². The van der Waals surface area contributed by atoms with Gasteiger partial charge < -0.3 is 10.1 Å². The van der Waals surface area contributed by atoms with Crippen LogP contribution in [0.2, 0.25) is 5.02 Å². The molecule has 1 aliphatic rings. The van der Waals surface area contributed by atoms with Gasteiger partial charge in [-0.15, -0.1) is 0 Å². The Hall–Kier alpha value is -2.09. The Balaban J connectivity index is 1.69. The van der Waals surface area contributed by atoms with E-state index in [4.69, 9.17) is 16.3 Å². The van der Waals surface area contributed by atoms with Crippen molar-refractivity contribution in [2.45, 2.75) is 37.1 Å². The van der Waals surface area contributed by atoms with E-state index in [0.29, 0.717) is 24.4 Å². The molecule has 0 aromatic heterocycles. The second kappa shape index (κ2) is 9.81. The van der Waals surface area contributed by atoms with Gasteiger partial charge in [-0.05, 0) is 61.2 Å². The second-order valence-electron chi connectivity index (χ2n) is 7.40. The third kappa shape index (κ3) is 5.14. The summed E-state index contributed by atoms with van der Waals surface area (Å²) in [5.41, 5.74) is 0.994. The Bertz CT molecular complexity index is 962. The summed E-state index contributed by atoms with van der Waals surface area (Å²) in [5, 5.41) is 3.57. The summed E-state index contributed by atoms with van der Waals surface area (Å²) in [6, 6.07) is 13.6. The molecule has 1 aliphatic heterocycles. The fraction of sp³-hybridized carbons (Fsp3) is 0.409. The van der Waals surface area contributed by atoms with Gasteiger partial charge in [-0.3, -0.25) is 4.79 Å². The fourth-order valence-corrected chi connectivity index (χ4v) is 5.33. The van der Waals surface area contributed by atoms with E-state index in [1.54, 1.807) is 19.2 Å². The van der Waals surface area contributed by atoms with Crippen molar-refractivity contribution in [3.05, 3.63) is 59.1 Å². The standard InChI is InChI=1S/C22H27ClN2O4S/c1-3-21(16-6-10-19(29-2)11-7-16)24-22(26)17-5-4-14-25(15-17)30(27,28)20-12-8-18(23)9-13-20/h6-13,17,21H,3-5,14-15H2,1-2H3,(H,24,26)/t17-,21+/m0/s1. The smallest absolute Gasteiger partial charge is 0.243 e. The average Bonchev–Trinajstić information content (AvgIpc) is 2.77. The molecule has 2 aromatic rings. The summed E-state index contributed by atoms with van der Waals surface area (Å²) in [7, 11) is -2.05. The van der Waals surface area contributed by atoms with Crippen molar-refractivity contribution in [3.63, 3.8) is 0 Å². The summed E-state index contributed by atoms with van der Waals surface area (Å²) in [4.78, 5) is 13.1. The first-order valence-corrected chi connectivity index (χ1v) is 11.9. The van der Waals surface area contributed by atoms with E-state index >= 15 is 0 Å². The van der Waals surface area contributed by atoms with Crippen molar-refractivity contribution in [2.75, 3.05) is 20.2 Å². The molecule has 1 saturated heterocycles. The lowest BCUT2D eigenvalue weighted by molar-refractivity contribution is -0.126. The van der Waals surface area contributed by atoms with E-state index in [1.807, 2.05) is 31.2 Å². The van der Waals surface area contributed by atoms with Crippen LogP contribution in [0.3, 0.4) is 0 Å². The number of methoxy groups -OCH3 is 1. The predicted octanol–water partition coefficient (Wildman–Crippen LogP) is 4.02. The molecule has 6 nitrogen and oxygen atoms in total. The Morgan fingerprint density at radius 3 is 2.47 bits per heavy atom. The summed E-state index contributed by atoms with van der Waals surface area (Å²) >= 11 is 5.87. The SMILES string of the molecule is CC[C@@H](NC(=O)[C@H]1CCCN(S(=O)(=O)c2ccc(Cl)cc2)C1)c1ccc(OC)cc1. The fourth-order valence-electron chi connectivity index (χ4n) is 3.68. The van der Waals surface area contributed by atoms with Crippen LogP contribution in [-0.2, 0) is 14.8 Å². The molecule has 2 atom stereocenters. The van der Waals surface area contributed by atoms with Crippen molar-refractivity contribution >= 4 is 27.5 Å². The van der Waals surface area contributed by atoms with E-state index < -0.39 is 10.0 Å². The lowest BCUT2D eigenvalue weighted by atomic mass is 9.97. The molecule has 1 amide bonds. The molecule has 0 spiro atoms. The Labute approximate surface area is 183 Å². The lowest BCUT2D eigenvalue weighted by Gasteiger charge is -2.32. The topological polar surface area (TPSA) is 75.7 Å². The predicted molar refractivity (Wildman–Crippen MR) is 117 cm³/mol. The van der Waals surface area contributed by atoms with Crippen molar-refractivity contribution in [3.8, 4) is 5.75 Å². The van der Waals surface area contributed by atoms with Crippen LogP contribution in [0.1, 0.15) is 37.8 Å². The third-order valence-corrected chi connectivity index (χ3v) is 7.58. The van der Waals surface area contributed by atoms with Crippen LogP contribution in [0.15, 0.2) is 53.4 Å². The third-order valence-electron chi connectivity index (χ3n) is 5.45. The number of benzene rings is 2. The van der Waals surface area contributed by atoms with E-state index in [9.17, 15) is 13.2 Å². The molecule has 30 heavy (non-hydrogen) atoms. The van der Waals surface area contributed by atoms with Crippen molar-refractivity contribution in [2.24, 2.45) is 5.92 Å². The molecule has 1 heterocycles. The minimum Gasteiger partial charge on any atom is -0.497 e. The Morgan fingerprint density at radius 2 is 1.87 bits per heavy atom. The minimum absolute atomic E-state index is 0.117. The Kier molecular flexibility index (Phi) is 7.39. The highest BCUT2D eigenvalue weighted by Crippen LogP contribution is 2.26. The molecule has 1 fully saturated rings. The number of halogens is 1. The van der Waals surface area contributed by atoms with Crippen LogP contribution in [0, 0.1) is 5.92 Å². The van der Waals surface area contributed by atoms with Crippen LogP contribution in [0.5, 0.6) is 5.75 Å². The summed E-state index contributed by atoms with van der Waals surface area (Å²) in [5.74, 6) is 0.261. The monoisotopic (exact) mass is 450 g/mol. The number of sulfonamides is 1. The number of ether oxygens (including phenoxy) is 1. The lowest BCUT2D eigenvalue weighted by Crippen LogP contribution is -2.46. The quantitative estimate of drug-likeness (QED) is 0.691. The average molecular weight is 451 g/mol. The molecule has 2 aromatic carbocycles. The zero-order valence-electron chi connectivity index (χ0n) is 17.2. The molecule has 8 heteroatoms. The molecule has 3 rings (SSSR count). The normalized spacial score (nSPS) is 18.6. The van der Waals surface area contributed by atoms with Crippen molar-refractivity contribution < 1.29 is 17.9 Å². The maximum atomic E-state index is 13.0. The highest BCUT2D eigenvalue weighted by atomic mass is 35.5. The maximum absolute atomic E-state index is 13.0. The minimum atomic E-state index is -3.66. The van der Waals surface area contributed by atoms with E-state index in [2.05, 4.69) is 5.32 Å². The summed E-state index contributed by atoms with van der Waals surface area (Å²) in [6.07, 6.45) is 2.04. The maximum Gasteiger partial charge on any atom is 0.243 e. The van der Waals surface area contributed by atoms with E-state index in [0.717, 1.165) is 17.7 Å².